The van der Waals surface area contributed by atoms with Crippen molar-refractivity contribution in [3.8, 4) is 5.75 Å². The van der Waals surface area contributed by atoms with Gasteiger partial charge in [-0.2, -0.15) is 0 Å². The zero-order valence-corrected chi connectivity index (χ0v) is 14.1. The zero-order chi connectivity index (χ0) is 17.0. The first-order valence-corrected chi connectivity index (χ1v) is 9.03. The van der Waals surface area contributed by atoms with E-state index in [-0.39, 0.29) is 22.6 Å². The Labute approximate surface area is 136 Å². The molecule has 0 unspecified atom stereocenters. The molecule has 6 heteroatoms. The molecule has 1 amide bonds. The highest BCUT2D eigenvalue weighted by molar-refractivity contribution is 7.90. The van der Waals surface area contributed by atoms with Gasteiger partial charge in [0, 0.05) is 11.8 Å². The molecule has 0 aliphatic heterocycles. The second-order valence-electron chi connectivity index (χ2n) is 5.41. The largest absolute Gasteiger partial charge is 0.491 e. The minimum Gasteiger partial charge on any atom is -0.491 e. The van der Waals surface area contributed by atoms with Gasteiger partial charge in [0.2, 0.25) is 0 Å². The average Bonchev–Trinajstić information content (AvgIpc) is 2.46. The number of carbonyl (C=O) groups is 1. The number of carbonyl (C=O) groups excluding carboxylic acids is 1. The highest BCUT2D eigenvalue weighted by Crippen LogP contribution is 2.22. The highest BCUT2D eigenvalue weighted by Gasteiger charge is 2.15. The minimum atomic E-state index is -3.42. The van der Waals surface area contributed by atoms with Gasteiger partial charge in [0.15, 0.2) is 9.84 Å². The van der Waals surface area contributed by atoms with Gasteiger partial charge < -0.3 is 10.1 Å². The van der Waals surface area contributed by atoms with E-state index >= 15 is 0 Å². The van der Waals surface area contributed by atoms with Gasteiger partial charge in [-0.3, -0.25) is 4.79 Å². The van der Waals surface area contributed by atoms with E-state index in [2.05, 4.69) is 5.32 Å². The Balaban J connectivity index is 2.20. The van der Waals surface area contributed by atoms with E-state index in [1.54, 1.807) is 42.5 Å². The van der Waals surface area contributed by atoms with Crippen LogP contribution < -0.4 is 10.1 Å². The molecule has 1 N–H and O–H groups in total. The molecule has 0 saturated heterocycles. The summed E-state index contributed by atoms with van der Waals surface area (Å²) < 4.78 is 29.0. The van der Waals surface area contributed by atoms with Crippen LogP contribution in [0.15, 0.2) is 53.4 Å². The van der Waals surface area contributed by atoms with Crippen LogP contribution in [-0.2, 0) is 9.84 Å². The lowest BCUT2D eigenvalue weighted by molar-refractivity contribution is 0.102. The van der Waals surface area contributed by atoms with E-state index in [1.807, 2.05) is 13.8 Å². The summed E-state index contributed by atoms with van der Waals surface area (Å²) in [5, 5.41) is 2.63. The smallest absolute Gasteiger partial charge is 0.255 e. The number of anilines is 1. The molecular formula is C17H19NO4S. The molecule has 2 aromatic carbocycles. The average molecular weight is 333 g/mol. The molecule has 0 heterocycles. The summed E-state index contributed by atoms with van der Waals surface area (Å²) >= 11 is 0. The normalized spacial score (nSPS) is 11.3. The van der Waals surface area contributed by atoms with E-state index in [0.29, 0.717) is 11.3 Å². The Morgan fingerprint density at radius 3 is 2.22 bits per heavy atom. The van der Waals surface area contributed by atoms with E-state index in [9.17, 15) is 13.2 Å². The molecule has 23 heavy (non-hydrogen) atoms. The van der Waals surface area contributed by atoms with Crippen molar-refractivity contribution in [3.63, 3.8) is 0 Å². The van der Waals surface area contributed by atoms with Crippen LogP contribution in [0.3, 0.4) is 0 Å². The van der Waals surface area contributed by atoms with Crippen LogP contribution in [0.25, 0.3) is 0 Å². The Kier molecular flexibility index (Phi) is 5.05. The van der Waals surface area contributed by atoms with E-state index < -0.39 is 9.84 Å². The number of sulfone groups is 1. The SMILES string of the molecule is CC(C)Oc1ccc(C(=O)Nc2ccccc2S(C)(=O)=O)cc1. The molecule has 0 aliphatic rings. The Hall–Kier alpha value is -2.34. The van der Waals surface area contributed by atoms with E-state index in [4.69, 9.17) is 4.74 Å². The monoisotopic (exact) mass is 333 g/mol. The lowest BCUT2D eigenvalue weighted by atomic mass is 10.2. The lowest BCUT2D eigenvalue weighted by Crippen LogP contribution is -2.14. The first kappa shape index (κ1) is 17.0. The second kappa shape index (κ2) is 6.83. The molecule has 0 spiro atoms. The topological polar surface area (TPSA) is 72.5 Å². The quantitative estimate of drug-likeness (QED) is 0.912. The predicted octanol–water partition coefficient (Wildman–Crippen LogP) is 3.13. The fraction of sp³-hybridized carbons (Fsp3) is 0.235. The fourth-order valence-corrected chi connectivity index (χ4v) is 2.89. The van der Waals surface area contributed by atoms with Crippen molar-refractivity contribution in [3.05, 3.63) is 54.1 Å². The summed E-state index contributed by atoms with van der Waals surface area (Å²) in [6.07, 6.45) is 1.16. The van der Waals surface area contributed by atoms with Gasteiger partial charge in [-0.15, -0.1) is 0 Å². The molecule has 0 aromatic heterocycles. The third-order valence-electron chi connectivity index (χ3n) is 3.02. The number of hydrogen-bond acceptors (Lipinski definition) is 4. The molecule has 2 aromatic rings. The molecular weight excluding hydrogens is 314 g/mol. The Morgan fingerprint density at radius 2 is 1.65 bits per heavy atom. The summed E-state index contributed by atoms with van der Waals surface area (Å²) in [7, 11) is -3.42. The summed E-state index contributed by atoms with van der Waals surface area (Å²) in [5.74, 6) is 0.297. The number of ether oxygens (including phenoxy) is 1. The van der Waals surface area contributed by atoms with Gasteiger partial charge in [-0.25, -0.2) is 8.42 Å². The number of hydrogen-bond donors (Lipinski definition) is 1. The van der Waals surface area contributed by atoms with Crippen LogP contribution in [0.5, 0.6) is 5.75 Å². The molecule has 2 rings (SSSR count). The van der Waals surface area contributed by atoms with Crippen molar-refractivity contribution in [2.45, 2.75) is 24.8 Å². The zero-order valence-electron chi connectivity index (χ0n) is 13.2. The molecule has 0 bridgehead atoms. The number of benzene rings is 2. The van der Waals surface area contributed by atoms with Gasteiger partial charge >= 0.3 is 0 Å². The van der Waals surface area contributed by atoms with Crippen molar-refractivity contribution < 1.29 is 17.9 Å². The fourth-order valence-electron chi connectivity index (χ4n) is 2.04. The summed E-state index contributed by atoms with van der Waals surface area (Å²) in [6.45, 7) is 3.84. The van der Waals surface area contributed by atoms with Gasteiger partial charge in [0.1, 0.15) is 5.75 Å². The van der Waals surface area contributed by atoms with Gasteiger partial charge in [-0.05, 0) is 50.2 Å². The van der Waals surface area contributed by atoms with E-state index in [0.717, 1.165) is 6.26 Å². The lowest BCUT2D eigenvalue weighted by Gasteiger charge is -2.11. The van der Waals surface area contributed by atoms with Crippen LogP contribution in [0, 0.1) is 0 Å². The maximum Gasteiger partial charge on any atom is 0.255 e. The van der Waals surface area contributed by atoms with Gasteiger partial charge in [0.25, 0.3) is 5.91 Å². The standard InChI is InChI=1S/C17H19NO4S/c1-12(2)22-14-10-8-13(9-11-14)17(19)18-15-6-4-5-7-16(15)23(3,20)21/h4-12H,1-3H3,(H,18,19). The molecule has 0 fully saturated rings. The van der Waals surface area contributed by atoms with Crippen molar-refractivity contribution >= 4 is 21.4 Å². The summed E-state index contributed by atoms with van der Waals surface area (Å²) in [5.41, 5.74) is 0.687. The third-order valence-corrected chi connectivity index (χ3v) is 4.18. The highest BCUT2D eigenvalue weighted by atomic mass is 32.2. The number of rotatable bonds is 5. The maximum atomic E-state index is 12.3. The van der Waals surface area contributed by atoms with Gasteiger partial charge in [-0.1, -0.05) is 12.1 Å². The van der Waals surface area contributed by atoms with Crippen molar-refractivity contribution in [2.75, 3.05) is 11.6 Å². The minimum absolute atomic E-state index is 0.0521. The first-order valence-electron chi connectivity index (χ1n) is 7.14. The van der Waals surface area contributed by atoms with Crippen LogP contribution in [0.4, 0.5) is 5.69 Å². The molecule has 0 aliphatic carbocycles. The Bertz CT molecular complexity index is 796. The molecule has 0 saturated carbocycles. The molecule has 5 nitrogen and oxygen atoms in total. The van der Waals surface area contributed by atoms with Gasteiger partial charge in [0.05, 0.1) is 16.7 Å². The number of para-hydroxylation sites is 1. The number of amides is 1. The van der Waals surface area contributed by atoms with Crippen molar-refractivity contribution in [1.29, 1.82) is 0 Å². The van der Waals surface area contributed by atoms with Crippen molar-refractivity contribution in [1.82, 2.24) is 0 Å². The maximum absolute atomic E-state index is 12.3. The van der Waals surface area contributed by atoms with Crippen molar-refractivity contribution in [2.24, 2.45) is 0 Å². The molecule has 122 valence electrons. The third kappa shape index (κ3) is 4.56. The van der Waals surface area contributed by atoms with Crippen LogP contribution in [0.1, 0.15) is 24.2 Å². The summed E-state index contributed by atoms with van der Waals surface area (Å²) in [4.78, 5) is 12.4. The first-order chi connectivity index (χ1) is 10.8. The number of nitrogens with one attached hydrogen (secondary N) is 1. The van der Waals surface area contributed by atoms with Crippen LogP contribution in [-0.4, -0.2) is 26.7 Å². The Morgan fingerprint density at radius 1 is 1.04 bits per heavy atom. The second-order valence-corrected chi connectivity index (χ2v) is 7.40. The van der Waals surface area contributed by atoms with E-state index in [1.165, 1.54) is 6.07 Å². The van der Waals surface area contributed by atoms with Crippen LogP contribution in [0.2, 0.25) is 0 Å². The van der Waals surface area contributed by atoms with Crippen LogP contribution >= 0.6 is 0 Å². The molecule has 0 radical (unpaired) electrons. The predicted molar refractivity (Wildman–Crippen MR) is 89.7 cm³/mol. The summed E-state index contributed by atoms with van der Waals surface area (Å²) in [6, 6.07) is 13.0. The molecule has 0 atom stereocenters.